The van der Waals surface area contributed by atoms with Crippen molar-refractivity contribution < 1.29 is 19.1 Å². The molecule has 1 heterocycles. The summed E-state index contributed by atoms with van der Waals surface area (Å²) in [5, 5.41) is 2.93. The molecule has 0 bridgehead atoms. The molecule has 0 radical (unpaired) electrons. The number of rotatable bonds is 8. The number of amides is 2. The van der Waals surface area contributed by atoms with Gasteiger partial charge in [0.05, 0.1) is 20.1 Å². The Morgan fingerprint density at radius 3 is 2.71 bits per heavy atom. The van der Waals surface area contributed by atoms with Crippen LogP contribution in [0.3, 0.4) is 0 Å². The number of likely N-dealkylation sites (tertiary alicyclic amines) is 1. The smallest absolute Gasteiger partial charge is 0.225 e. The summed E-state index contributed by atoms with van der Waals surface area (Å²) < 4.78 is 10.5. The summed E-state index contributed by atoms with van der Waals surface area (Å²) in [7, 11) is 3.20. The average molecular weight is 334 g/mol. The van der Waals surface area contributed by atoms with E-state index < -0.39 is 0 Å². The first-order chi connectivity index (χ1) is 11.6. The minimum Gasteiger partial charge on any atom is -0.493 e. The third-order valence-corrected chi connectivity index (χ3v) is 4.24. The largest absolute Gasteiger partial charge is 0.493 e. The van der Waals surface area contributed by atoms with E-state index in [2.05, 4.69) is 5.32 Å². The van der Waals surface area contributed by atoms with Crippen molar-refractivity contribution in [2.24, 2.45) is 5.92 Å². The second kappa shape index (κ2) is 8.57. The van der Waals surface area contributed by atoms with Gasteiger partial charge in [-0.3, -0.25) is 9.59 Å². The number of hydrogen-bond acceptors (Lipinski definition) is 4. The summed E-state index contributed by atoms with van der Waals surface area (Å²) in [5.41, 5.74) is 1.06. The first-order valence-corrected chi connectivity index (χ1v) is 8.35. The molecule has 0 spiro atoms. The molecule has 2 amide bonds. The van der Waals surface area contributed by atoms with Gasteiger partial charge in [-0.2, -0.15) is 0 Å². The van der Waals surface area contributed by atoms with Crippen LogP contribution in [0.4, 0.5) is 0 Å². The Bertz CT molecular complexity index is 588. The molecule has 1 aromatic rings. The molecule has 0 aliphatic carbocycles. The Kier molecular flexibility index (Phi) is 6.46. The zero-order valence-corrected chi connectivity index (χ0v) is 14.6. The van der Waals surface area contributed by atoms with Gasteiger partial charge >= 0.3 is 0 Å². The highest BCUT2D eigenvalue weighted by atomic mass is 16.5. The molecule has 1 N–H and O–H groups in total. The van der Waals surface area contributed by atoms with E-state index in [1.54, 1.807) is 19.1 Å². The maximum Gasteiger partial charge on any atom is 0.225 e. The zero-order valence-electron chi connectivity index (χ0n) is 14.6. The average Bonchev–Trinajstić information content (AvgIpc) is 2.96. The fourth-order valence-electron chi connectivity index (χ4n) is 2.94. The minimum absolute atomic E-state index is 0.0394. The number of nitrogens with one attached hydrogen (secondary N) is 1. The quantitative estimate of drug-likeness (QED) is 0.784. The van der Waals surface area contributed by atoms with Gasteiger partial charge in [-0.1, -0.05) is 13.0 Å². The number of benzene rings is 1. The van der Waals surface area contributed by atoms with Crippen LogP contribution in [0, 0.1) is 5.92 Å². The van der Waals surface area contributed by atoms with E-state index in [0.29, 0.717) is 37.4 Å². The van der Waals surface area contributed by atoms with Crippen LogP contribution < -0.4 is 14.8 Å². The summed E-state index contributed by atoms with van der Waals surface area (Å²) in [6.45, 7) is 3.83. The van der Waals surface area contributed by atoms with Crippen molar-refractivity contribution in [3.05, 3.63) is 23.8 Å². The predicted molar refractivity (Wildman–Crippen MR) is 91.2 cm³/mol. The molecular formula is C18H26N2O4. The Balaban J connectivity index is 1.82. The van der Waals surface area contributed by atoms with Crippen LogP contribution in [0.15, 0.2) is 18.2 Å². The molecule has 1 fully saturated rings. The summed E-state index contributed by atoms with van der Waals surface area (Å²) in [5.74, 6) is 1.18. The molecule has 6 nitrogen and oxygen atoms in total. The highest BCUT2D eigenvalue weighted by Gasteiger charge is 2.33. The monoisotopic (exact) mass is 334 g/mol. The number of carbonyl (C=O) groups excluding carboxylic acids is 2. The first kappa shape index (κ1) is 18.1. The van der Waals surface area contributed by atoms with Gasteiger partial charge in [0.1, 0.15) is 0 Å². The first-order valence-electron chi connectivity index (χ1n) is 8.35. The lowest BCUT2D eigenvalue weighted by Crippen LogP contribution is -2.34. The number of methoxy groups -OCH3 is 2. The summed E-state index contributed by atoms with van der Waals surface area (Å²) >= 11 is 0. The van der Waals surface area contributed by atoms with E-state index in [1.165, 1.54) is 0 Å². The molecule has 1 aromatic carbocycles. The van der Waals surface area contributed by atoms with E-state index in [-0.39, 0.29) is 17.7 Å². The summed E-state index contributed by atoms with van der Waals surface area (Å²) in [6.07, 6.45) is 1.94. The standard InChI is InChI=1S/C18H26N2O4/c1-4-9-20-12-14(11-17(20)21)18(22)19-8-7-13-5-6-15(23-2)16(10-13)24-3/h5-6,10,14H,4,7-9,11-12H2,1-3H3,(H,19,22). The second-order valence-electron chi connectivity index (χ2n) is 5.97. The molecule has 132 valence electrons. The third kappa shape index (κ3) is 4.40. The van der Waals surface area contributed by atoms with Crippen LogP contribution in [0.1, 0.15) is 25.3 Å². The Morgan fingerprint density at radius 2 is 2.04 bits per heavy atom. The van der Waals surface area contributed by atoms with Gasteiger partial charge < -0.3 is 19.7 Å². The summed E-state index contributed by atoms with van der Waals surface area (Å²) in [6, 6.07) is 5.72. The van der Waals surface area contributed by atoms with E-state index in [4.69, 9.17) is 9.47 Å². The Hall–Kier alpha value is -2.24. The SMILES string of the molecule is CCCN1CC(C(=O)NCCc2ccc(OC)c(OC)c2)CC1=O. The van der Waals surface area contributed by atoms with Crippen molar-refractivity contribution in [3.63, 3.8) is 0 Å². The highest BCUT2D eigenvalue weighted by Crippen LogP contribution is 2.27. The molecule has 0 saturated carbocycles. The molecule has 0 aromatic heterocycles. The van der Waals surface area contributed by atoms with Crippen LogP contribution >= 0.6 is 0 Å². The lowest BCUT2D eigenvalue weighted by atomic mass is 10.1. The molecular weight excluding hydrogens is 308 g/mol. The Labute approximate surface area is 143 Å². The molecule has 1 unspecified atom stereocenters. The topological polar surface area (TPSA) is 67.9 Å². The maximum atomic E-state index is 12.2. The number of hydrogen-bond donors (Lipinski definition) is 1. The van der Waals surface area contributed by atoms with E-state index in [9.17, 15) is 9.59 Å². The molecule has 24 heavy (non-hydrogen) atoms. The van der Waals surface area contributed by atoms with Crippen molar-refractivity contribution in [2.45, 2.75) is 26.2 Å². The normalized spacial score (nSPS) is 17.0. The van der Waals surface area contributed by atoms with Crippen LogP contribution in [-0.2, 0) is 16.0 Å². The predicted octanol–water partition coefficient (Wildman–Crippen LogP) is 1.62. The molecule has 2 rings (SSSR count). The van der Waals surface area contributed by atoms with Crippen LogP contribution in [0.2, 0.25) is 0 Å². The van der Waals surface area contributed by atoms with E-state index in [1.807, 2.05) is 25.1 Å². The minimum atomic E-state index is -0.227. The van der Waals surface area contributed by atoms with Crippen LogP contribution in [0.25, 0.3) is 0 Å². The second-order valence-corrected chi connectivity index (χ2v) is 5.97. The van der Waals surface area contributed by atoms with Crippen LogP contribution in [-0.4, -0.2) is 50.6 Å². The fourth-order valence-corrected chi connectivity index (χ4v) is 2.94. The van der Waals surface area contributed by atoms with Crippen molar-refractivity contribution >= 4 is 11.8 Å². The summed E-state index contributed by atoms with van der Waals surface area (Å²) in [4.78, 5) is 25.8. The van der Waals surface area contributed by atoms with Crippen molar-refractivity contribution in [3.8, 4) is 11.5 Å². The zero-order chi connectivity index (χ0) is 17.5. The third-order valence-electron chi connectivity index (χ3n) is 4.24. The lowest BCUT2D eigenvalue weighted by molar-refractivity contribution is -0.129. The lowest BCUT2D eigenvalue weighted by Gasteiger charge is -2.15. The molecule has 1 saturated heterocycles. The van der Waals surface area contributed by atoms with Gasteiger partial charge in [-0.15, -0.1) is 0 Å². The van der Waals surface area contributed by atoms with Crippen molar-refractivity contribution in [1.82, 2.24) is 10.2 Å². The van der Waals surface area contributed by atoms with Gasteiger partial charge in [-0.25, -0.2) is 0 Å². The van der Waals surface area contributed by atoms with Crippen LogP contribution in [0.5, 0.6) is 11.5 Å². The molecule has 6 heteroatoms. The molecule has 1 atom stereocenters. The van der Waals surface area contributed by atoms with Gasteiger partial charge in [0, 0.05) is 26.1 Å². The van der Waals surface area contributed by atoms with Gasteiger partial charge in [0.25, 0.3) is 0 Å². The van der Waals surface area contributed by atoms with Gasteiger partial charge in [0.2, 0.25) is 11.8 Å². The van der Waals surface area contributed by atoms with Gasteiger partial charge in [0.15, 0.2) is 11.5 Å². The van der Waals surface area contributed by atoms with E-state index >= 15 is 0 Å². The Morgan fingerprint density at radius 1 is 1.29 bits per heavy atom. The fraction of sp³-hybridized carbons (Fsp3) is 0.556. The number of nitrogens with zero attached hydrogens (tertiary/aromatic N) is 1. The molecule has 1 aliphatic rings. The van der Waals surface area contributed by atoms with E-state index in [0.717, 1.165) is 18.5 Å². The number of ether oxygens (including phenoxy) is 2. The highest BCUT2D eigenvalue weighted by molar-refractivity contribution is 5.89. The van der Waals surface area contributed by atoms with Gasteiger partial charge in [-0.05, 0) is 30.5 Å². The number of carbonyl (C=O) groups is 2. The maximum absolute atomic E-state index is 12.2. The van der Waals surface area contributed by atoms with Crippen molar-refractivity contribution in [1.29, 1.82) is 0 Å². The van der Waals surface area contributed by atoms with Crippen molar-refractivity contribution in [2.75, 3.05) is 33.9 Å². The molecule has 1 aliphatic heterocycles.